The lowest BCUT2D eigenvalue weighted by Crippen LogP contribution is -2.46. The lowest BCUT2D eigenvalue weighted by molar-refractivity contribution is 0.0526. The Hall–Kier alpha value is -0.120. The van der Waals surface area contributed by atoms with Crippen LogP contribution < -0.4 is 5.73 Å². The number of rotatable bonds is 2. The van der Waals surface area contributed by atoms with Gasteiger partial charge in [0, 0.05) is 19.1 Å². The van der Waals surface area contributed by atoms with Crippen molar-refractivity contribution in [3.05, 3.63) is 0 Å². The van der Waals surface area contributed by atoms with Gasteiger partial charge < -0.3 is 10.8 Å². The van der Waals surface area contributed by atoms with Crippen molar-refractivity contribution in [3.8, 4) is 0 Å². The highest BCUT2D eigenvalue weighted by Gasteiger charge is 2.20. The number of β-amino-alcohol motifs (C(OH)–C–C–N with tert-alkyl or cyclic N) is 1. The predicted molar refractivity (Wildman–Crippen MR) is 45.3 cm³/mol. The van der Waals surface area contributed by atoms with E-state index < -0.39 is 0 Å². The van der Waals surface area contributed by atoms with Crippen LogP contribution in [0.3, 0.4) is 0 Å². The van der Waals surface area contributed by atoms with Crippen LogP contribution in [-0.2, 0) is 0 Å². The summed E-state index contributed by atoms with van der Waals surface area (Å²) in [4.78, 5) is 2.26. The van der Waals surface area contributed by atoms with Crippen LogP contribution in [0.2, 0.25) is 0 Å². The maximum Gasteiger partial charge on any atom is 0.0667 e. The zero-order valence-electron chi connectivity index (χ0n) is 7.16. The van der Waals surface area contributed by atoms with Crippen molar-refractivity contribution in [2.24, 2.45) is 5.73 Å². The second-order valence-corrected chi connectivity index (χ2v) is 3.38. The standard InChI is InChI=1S/C8H18N2O/c1-7(5-9)10-4-2-3-8(11)6-10/h7-8,11H,2-6,9H2,1H3. The number of hydrogen-bond donors (Lipinski definition) is 2. The molecule has 3 N–H and O–H groups in total. The summed E-state index contributed by atoms with van der Waals surface area (Å²) >= 11 is 0. The molecule has 1 saturated heterocycles. The van der Waals surface area contributed by atoms with E-state index in [0.29, 0.717) is 12.6 Å². The van der Waals surface area contributed by atoms with E-state index in [1.807, 2.05) is 0 Å². The van der Waals surface area contributed by atoms with Gasteiger partial charge in [-0.25, -0.2) is 0 Å². The fraction of sp³-hybridized carbons (Fsp3) is 1.00. The molecule has 3 heteroatoms. The van der Waals surface area contributed by atoms with Crippen LogP contribution in [0.4, 0.5) is 0 Å². The highest BCUT2D eigenvalue weighted by molar-refractivity contribution is 4.76. The molecule has 0 spiro atoms. The second-order valence-electron chi connectivity index (χ2n) is 3.38. The van der Waals surface area contributed by atoms with Gasteiger partial charge in [-0.1, -0.05) is 0 Å². The van der Waals surface area contributed by atoms with Crippen LogP contribution in [0.25, 0.3) is 0 Å². The fourth-order valence-corrected chi connectivity index (χ4v) is 1.53. The lowest BCUT2D eigenvalue weighted by Gasteiger charge is -2.34. The van der Waals surface area contributed by atoms with Crippen LogP contribution in [0.5, 0.6) is 0 Å². The molecular formula is C8H18N2O. The zero-order chi connectivity index (χ0) is 8.27. The van der Waals surface area contributed by atoms with Gasteiger partial charge in [0.2, 0.25) is 0 Å². The molecule has 1 fully saturated rings. The molecule has 0 bridgehead atoms. The number of nitrogens with zero attached hydrogens (tertiary/aromatic N) is 1. The zero-order valence-corrected chi connectivity index (χ0v) is 7.16. The van der Waals surface area contributed by atoms with Crippen molar-refractivity contribution in [1.29, 1.82) is 0 Å². The number of hydrogen-bond acceptors (Lipinski definition) is 3. The SMILES string of the molecule is CC(CN)N1CCCC(O)C1. The Bertz CT molecular complexity index is 119. The van der Waals surface area contributed by atoms with Crippen molar-refractivity contribution < 1.29 is 5.11 Å². The van der Waals surface area contributed by atoms with E-state index in [1.54, 1.807) is 0 Å². The molecular weight excluding hydrogens is 140 g/mol. The highest BCUT2D eigenvalue weighted by Crippen LogP contribution is 2.11. The molecule has 0 saturated carbocycles. The van der Waals surface area contributed by atoms with Gasteiger partial charge in [0.15, 0.2) is 0 Å². The molecule has 2 atom stereocenters. The molecule has 66 valence electrons. The molecule has 0 aromatic carbocycles. The summed E-state index contributed by atoms with van der Waals surface area (Å²) < 4.78 is 0. The topological polar surface area (TPSA) is 49.5 Å². The molecule has 3 nitrogen and oxygen atoms in total. The van der Waals surface area contributed by atoms with Crippen molar-refractivity contribution in [3.63, 3.8) is 0 Å². The number of piperidine rings is 1. The third-order valence-corrected chi connectivity index (χ3v) is 2.39. The minimum atomic E-state index is -0.127. The minimum Gasteiger partial charge on any atom is -0.392 e. The summed E-state index contributed by atoms with van der Waals surface area (Å²) in [6, 6.07) is 0.421. The molecule has 1 rings (SSSR count). The summed E-state index contributed by atoms with van der Waals surface area (Å²) in [6.45, 7) is 4.69. The maximum absolute atomic E-state index is 9.34. The third-order valence-electron chi connectivity index (χ3n) is 2.39. The van der Waals surface area contributed by atoms with E-state index in [2.05, 4.69) is 11.8 Å². The van der Waals surface area contributed by atoms with Crippen LogP contribution in [0.15, 0.2) is 0 Å². The van der Waals surface area contributed by atoms with Gasteiger partial charge in [-0.05, 0) is 26.3 Å². The number of likely N-dealkylation sites (tertiary alicyclic amines) is 1. The first-order valence-electron chi connectivity index (χ1n) is 4.36. The van der Waals surface area contributed by atoms with Crippen LogP contribution >= 0.6 is 0 Å². The minimum absolute atomic E-state index is 0.127. The molecule has 0 aliphatic carbocycles. The molecule has 1 heterocycles. The molecule has 0 aromatic heterocycles. The van der Waals surface area contributed by atoms with Crippen molar-refractivity contribution in [2.75, 3.05) is 19.6 Å². The average Bonchev–Trinajstić information content (AvgIpc) is 2.03. The Kier molecular flexibility index (Phi) is 3.30. The van der Waals surface area contributed by atoms with Gasteiger partial charge >= 0.3 is 0 Å². The van der Waals surface area contributed by atoms with Crippen molar-refractivity contribution in [1.82, 2.24) is 4.90 Å². The monoisotopic (exact) mass is 158 g/mol. The first-order valence-corrected chi connectivity index (χ1v) is 4.36. The summed E-state index contributed by atoms with van der Waals surface area (Å²) in [5.74, 6) is 0. The Morgan fingerprint density at radius 2 is 2.45 bits per heavy atom. The summed E-state index contributed by atoms with van der Waals surface area (Å²) in [7, 11) is 0. The van der Waals surface area contributed by atoms with Crippen molar-refractivity contribution in [2.45, 2.75) is 31.9 Å². The van der Waals surface area contributed by atoms with Gasteiger partial charge in [-0.15, -0.1) is 0 Å². The van der Waals surface area contributed by atoms with E-state index in [4.69, 9.17) is 5.73 Å². The summed E-state index contributed by atoms with van der Waals surface area (Å²) in [6.07, 6.45) is 1.93. The van der Waals surface area contributed by atoms with Crippen LogP contribution in [0, 0.1) is 0 Å². The Morgan fingerprint density at radius 1 is 1.73 bits per heavy atom. The number of nitrogens with two attached hydrogens (primary N) is 1. The Morgan fingerprint density at radius 3 is 3.00 bits per heavy atom. The largest absolute Gasteiger partial charge is 0.392 e. The van der Waals surface area contributed by atoms with E-state index >= 15 is 0 Å². The number of aliphatic hydroxyl groups is 1. The first-order chi connectivity index (χ1) is 5.24. The second kappa shape index (κ2) is 4.04. The molecule has 0 radical (unpaired) electrons. The maximum atomic E-state index is 9.34. The normalized spacial score (nSPS) is 30.3. The highest BCUT2D eigenvalue weighted by atomic mass is 16.3. The van der Waals surface area contributed by atoms with E-state index in [0.717, 1.165) is 25.9 Å². The van der Waals surface area contributed by atoms with E-state index in [9.17, 15) is 5.11 Å². The average molecular weight is 158 g/mol. The van der Waals surface area contributed by atoms with Gasteiger partial charge in [0.25, 0.3) is 0 Å². The molecule has 1 aliphatic heterocycles. The Labute approximate surface area is 68.2 Å². The van der Waals surface area contributed by atoms with E-state index in [1.165, 1.54) is 0 Å². The molecule has 0 amide bonds. The van der Waals surface area contributed by atoms with Gasteiger partial charge in [0.1, 0.15) is 0 Å². The lowest BCUT2D eigenvalue weighted by atomic mass is 10.1. The Balaban J connectivity index is 2.33. The predicted octanol–water partition coefficient (Wildman–Crippen LogP) is -0.210. The molecule has 11 heavy (non-hydrogen) atoms. The van der Waals surface area contributed by atoms with Gasteiger partial charge in [0.05, 0.1) is 6.10 Å². The molecule has 0 aromatic rings. The molecule has 2 unspecified atom stereocenters. The van der Waals surface area contributed by atoms with E-state index in [-0.39, 0.29) is 6.10 Å². The fourth-order valence-electron chi connectivity index (χ4n) is 1.53. The van der Waals surface area contributed by atoms with Crippen LogP contribution in [-0.4, -0.2) is 41.8 Å². The number of aliphatic hydroxyl groups excluding tert-OH is 1. The van der Waals surface area contributed by atoms with Gasteiger partial charge in [-0.2, -0.15) is 0 Å². The quantitative estimate of drug-likeness (QED) is 0.584. The van der Waals surface area contributed by atoms with Gasteiger partial charge in [-0.3, -0.25) is 4.90 Å². The van der Waals surface area contributed by atoms with Crippen molar-refractivity contribution >= 4 is 0 Å². The summed E-state index contributed by atoms with van der Waals surface area (Å²) in [5, 5.41) is 9.34. The van der Waals surface area contributed by atoms with Crippen LogP contribution in [0.1, 0.15) is 19.8 Å². The molecule has 1 aliphatic rings. The smallest absolute Gasteiger partial charge is 0.0667 e. The summed E-state index contributed by atoms with van der Waals surface area (Å²) in [5.41, 5.74) is 5.53. The third kappa shape index (κ3) is 2.43. The first kappa shape index (κ1) is 8.97.